The van der Waals surface area contributed by atoms with E-state index in [1.54, 1.807) is 36.2 Å². The first-order valence-electron chi connectivity index (χ1n) is 14.7. The van der Waals surface area contributed by atoms with Crippen molar-refractivity contribution in [3.05, 3.63) is 115 Å². The van der Waals surface area contributed by atoms with E-state index in [2.05, 4.69) is 35.3 Å². The molecule has 0 fully saturated rings. The van der Waals surface area contributed by atoms with E-state index in [9.17, 15) is 10.2 Å². The highest BCUT2D eigenvalue weighted by molar-refractivity contribution is 5.74. The molecule has 48 heavy (non-hydrogen) atoms. The number of ether oxygens (including phenoxy) is 2. The summed E-state index contributed by atoms with van der Waals surface area (Å²) in [5.41, 5.74) is 4.31. The zero-order chi connectivity index (χ0) is 32.6. The van der Waals surface area contributed by atoms with Gasteiger partial charge in [-0.2, -0.15) is 9.97 Å². The highest BCUT2D eigenvalue weighted by Gasteiger charge is 2.18. The standard InChI is InChI=1S/C34H24N10O4/c1-42(21-9-3-2-4-10-21)32-35-33(47-22-15-17-28(30(45)19-22)43-38-24-11-5-6-12-25(24)39-43)37-34(36-32)48-23-16-18-29(31(46)20-23)44-40-26-13-7-8-14-27(26)41-44/h2-20,45-46H,1H3. The van der Waals surface area contributed by atoms with Gasteiger partial charge >= 0.3 is 12.0 Å². The minimum Gasteiger partial charge on any atom is -0.505 e. The highest BCUT2D eigenvalue weighted by Crippen LogP contribution is 2.33. The van der Waals surface area contributed by atoms with Crippen LogP contribution in [-0.4, -0.2) is 62.2 Å². The van der Waals surface area contributed by atoms with E-state index in [1.807, 2.05) is 78.9 Å². The van der Waals surface area contributed by atoms with Crippen molar-refractivity contribution in [3.63, 3.8) is 0 Å². The maximum atomic E-state index is 10.9. The van der Waals surface area contributed by atoms with Crippen LogP contribution in [0.2, 0.25) is 0 Å². The summed E-state index contributed by atoms with van der Waals surface area (Å²) in [5, 5.41) is 39.4. The third-order valence-corrected chi connectivity index (χ3v) is 7.34. The van der Waals surface area contributed by atoms with Gasteiger partial charge in [-0.3, -0.25) is 0 Å². The molecule has 0 spiro atoms. The monoisotopic (exact) mass is 636 g/mol. The molecule has 8 aromatic rings. The third kappa shape index (κ3) is 5.49. The molecule has 0 unspecified atom stereocenters. The second kappa shape index (κ2) is 11.7. The molecule has 0 aliphatic rings. The first-order valence-corrected chi connectivity index (χ1v) is 14.7. The first kappa shape index (κ1) is 28.4. The lowest BCUT2D eigenvalue weighted by Gasteiger charge is -2.18. The summed E-state index contributed by atoms with van der Waals surface area (Å²) in [6.45, 7) is 0. The van der Waals surface area contributed by atoms with E-state index in [0.29, 0.717) is 33.4 Å². The van der Waals surface area contributed by atoms with Crippen LogP contribution in [0.3, 0.4) is 0 Å². The van der Waals surface area contributed by atoms with Crippen LogP contribution in [0.1, 0.15) is 0 Å². The molecule has 0 radical (unpaired) electrons. The number of aromatic nitrogens is 9. The fourth-order valence-electron chi connectivity index (χ4n) is 4.95. The number of aromatic hydroxyl groups is 2. The highest BCUT2D eigenvalue weighted by atomic mass is 16.5. The predicted molar refractivity (Wildman–Crippen MR) is 176 cm³/mol. The largest absolute Gasteiger partial charge is 0.505 e. The number of phenolic OH excluding ortho intramolecular Hbond substituents is 2. The number of anilines is 2. The van der Waals surface area contributed by atoms with Gasteiger partial charge in [-0.25, -0.2) is 0 Å². The Morgan fingerprint density at radius 1 is 0.521 bits per heavy atom. The van der Waals surface area contributed by atoms with Crippen LogP contribution >= 0.6 is 0 Å². The summed E-state index contributed by atoms with van der Waals surface area (Å²) < 4.78 is 12.0. The van der Waals surface area contributed by atoms with Crippen LogP contribution in [-0.2, 0) is 0 Å². The molecule has 0 aliphatic carbocycles. The molecular weight excluding hydrogens is 612 g/mol. The van der Waals surface area contributed by atoms with Crippen molar-refractivity contribution in [2.75, 3.05) is 11.9 Å². The number of hydrogen-bond acceptors (Lipinski definition) is 12. The van der Waals surface area contributed by atoms with Crippen molar-refractivity contribution in [1.82, 2.24) is 44.9 Å². The average molecular weight is 637 g/mol. The van der Waals surface area contributed by atoms with Gasteiger partial charge in [0.05, 0.1) is 0 Å². The van der Waals surface area contributed by atoms with E-state index in [1.165, 1.54) is 21.7 Å². The van der Waals surface area contributed by atoms with Crippen LogP contribution < -0.4 is 14.4 Å². The molecule has 2 N–H and O–H groups in total. The first-order chi connectivity index (χ1) is 23.5. The van der Waals surface area contributed by atoms with E-state index in [-0.39, 0.29) is 41.0 Å². The maximum Gasteiger partial charge on any atom is 0.330 e. The smallest absolute Gasteiger partial charge is 0.330 e. The SMILES string of the molecule is CN(c1ccccc1)c1nc(Oc2ccc(-n3nc4ccccc4n3)c(O)c2)nc(Oc2ccc(-n3nc4ccccc4n3)c(O)c2)n1. The summed E-state index contributed by atoms with van der Waals surface area (Å²) in [6, 6.07) is 33.5. The van der Waals surface area contributed by atoms with Gasteiger partial charge in [-0.1, -0.05) is 42.5 Å². The molecule has 3 aromatic heterocycles. The molecule has 0 bridgehead atoms. The molecule has 3 heterocycles. The van der Waals surface area contributed by atoms with Gasteiger partial charge in [0.1, 0.15) is 56.4 Å². The Bertz CT molecular complexity index is 2220. The molecule has 0 saturated heterocycles. The molecule has 5 aromatic carbocycles. The Labute approximate surface area is 271 Å². The molecule has 8 rings (SSSR count). The second-order valence-corrected chi connectivity index (χ2v) is 10.6. The fraction of sp³-hybridized carbons (Fsp3) is 0.0294. The Kier molecular flexibility index (Phi) is 6.91. The van der Waals surface area contributed by atoms with Crippen LogP contribution in [0, 0.1) is 0 Å². The van der Waals surface area contributed by atoms with Gasteiger partial charge < -0.3 is 24.6 Å². The van der Waals surface area contributed by atoms with Crippen LogP contribution in [0.25, 0.3) is 33.4 Å². The van der Waals surface area contributed by atoms with E-state index >= 15 is 0 Å². The fourth-order valence-corrected chi connectivity index (χ4v) is 4.95. The lowest BCUT2D eigenvalue weighted by molar-refractivity contribution is 0.392. The Morgan fingerprint density at radius 3 is 1.35 bits per heavy atom. The Balaban J connectivity index is 1.10. The van der Waals surface area contributed by atoms with Crippen LogP contribution in [0.4, 0.5) is 11.6 Å². The van der Waals surface area contributed by atoms with Gasteiger partial charge in [0.2, 0.25) is 5.95 Å². The Morgan fingerprint density at radius 2 is 0.938 bits per heavy atom. The van der Waals surface area contributed by atoms with Gasteiger partial charge in [0, 0.05) is 24.9 Å². The number of nitrogens with zero attached hydrogens (tertiary/aromatic N) is 10. The van der Waals surface area contributed by atoms with E-state index < -0.39 is 0 Å². The number of fused-ring (bicyclic) bond motifs is 2. The molecule has 0 atom stereocenters. The molecule has 0 aliphatic heterocycles. The second-order valence-electron chi connectivity index (χ2n) is 10.6. The zero-order valence-corrected chi connectivity index (χ0v) is 25.2. The maximum absolute atomic E-state index is 10.9. The Hall–Kier alpha value is -7.09. The summed E-state index contributed by atoms with van der Waals surface area (Å²) in [6.07, 6.45) is 0. The normalized spacial score (nSPS) is 11.2. The topological polar surface area (TPSA) is 162 Å². The minimum absolute atomic E-state index is 0.0962. The molecule has 14 nitrogen and oxygen atoms in total. The number of hydrogen-bond donors (Lipinski definition) is 2. The van der Waals surface area contributed by atoms with Crippen LogP contribution in [0.15, 0.2) is 115 Å². The van der Waals surface area contributed by atoms with Crippen molar-refractivity contribution in [2.45, 2.75) is 0 Å². The van der Waals surface area contributed by atoms with Gasteiger partial charge in [0.15, 0.2) is 0 Å². The number of benzene rings is 5. The summed E-state index contributed by atoms with van der Waals surface area (Å²) >= 11 is 0. The van der Waals surface area contributed by atoms with Crippen molar-refractivity contribution in [3.8, 4) is 46.4 Å². The molecule has 0 amide bonds. The van der Waals surface area contributed by atoms with Crippen molar-refractivity contribution in [1.29, 1.82) is 0 Å². The average Bonchev–Trinajstić information content (AvgIpc) is 3.73. The van der Waals surface area contributed by atoms with E-state index in [4.69, 9.17) is 9.47 Å². The zero-order valence-electron chi connectivity index (χ0n) is 25.2. The van der Waals surface area contributed by atoms with Gasteiger partial charge in [-0.15, -0.1) is 35.0 Å². The number of rotatable bonds is 8. The third-order valence-electron chi connectivity index (χ3n) is 7.34. The molecule has 0 saturated carbocycles. The van der Waals surface area contributed by atoms with Crippen molar-refractivity contribution < 1.29 is 19.7 Å². The minimum atomic E-state index is -0.116. The van der Waals surface area contributed by atoms with Gasteiger partial charge in [0.25, 0.3) is 0 Å². The molecular formula is C34H24N10O4. The van der Waals surface area contributed by atoms with Crippen LogP contribution in [0.5, 0.6) is 35.0 Å². The summed E-state index contributed by atoms with van der Waals surface area (Å²) in [4.78, 5) is 17.8. The van der Waals surface area contributed by atoms with Crippen molar-refractivity contribution >= 4 is 33.7 Å². The lowest BCUT2D eigenvalue weighted by Crippen LogP contribution is -2.14. The molecule has 14 heteroatoms. The number of para-hydroxylation sites is 1. The summed E-state index contributed by atoms with van der Waals surface area (Å²) in [5.74, 6) is 0.493. The number of phenols is 2. The molecule has 234 valence electrons. The predicted octanol–water partition coefficient (Wildman–Crippen LogP) is 6.10. The van der Waals surface area contributed by atoms with Gasteiger partial charge in [-0.05, 0) is 60.7 Å². The lowest BCUT2D eigenvalue weighted by atomic mass is 10.3. The quantitative estimate of drug-likeness (QED) is 0.197. The summed E-state index contributed by atoms with van der Waals surface area (Å²) in [7, 11) is 1.79. The van der Waals surface area contributed by atoms with Crippen molar-refractivity contribution in [2.24, 2.45) is 0 Å². The van der Waals surface area contributed by atoms with E-state index in [0.717, 1.165) is 5.69 Å².